The van der Waals surface area contributed by atoms with E-state index in [2.05, 4.69) is 22.4 Å². The fourth-order valence-electron chi connectivity index (χ4n) is 3.48. The molecule has 23 heavy (non-hydrogen) atoms. The molecule has 1 saturated heterocycles. The molecule has 1 saturated carbocycles. The second-order valence-corrected chi connectivity index (χ2v) is 7.54. The maximum Gasteiger partial charge on any atom is 0.231 e. The molecule has 2 amide bonds. The van der Waals surface area contributed by atoms with E-state index in [4.69, 9.17) is 0 Å². The van der Waals surface area contributed by atoms with Crippen molar-refractivity contribution in [1.29, 1.82) is 0 Å². The highest BCUT2D eigenvalue weighted by atomic mass is 32.1. The minimum absolute atomic E-state index is 0.101. The number of likely N-dealkylation sites (tertiary alicyclic amines) is 1. The number of rotatable bonds is 5. The number of hydrogen-bond acceptors (Lipinski definition) is 5. The monoisotopic (exact) mass is 336 g/mol. The highest BCUT2D eigenvalue weighted by molar-refractivity contribution is 7.15. The van der Waals surface area contributed by atoms with Crippen molar-refractivity contribution in [3.63, 3.8) is 0 Å². The molecule has 0 aromatic carbocycles. The van der Waals surface area contributed by atoms with Gasteiger partial charge in [-0.2, -0.15) is 0 Å². The van der Waals surface area contributed by atoms with Crippen LogP contribution in [0.15, 0.2) is 0 Å². The Labute approximate surface area is 140 Å². The summed E-state index contributed by atoms with van der Waals surface area (Å²) in [5.41, 5.74) is 0. The third-order valence-electron chi connectivity index (χ3n) is 4.71. The van der Waals surface area contributed by atoms with Gasteiger partial charge in [0.15, 0.2) is 0 Å². The predicted molar refractivity (Wildman–Crippen MR) is 89.2 cm³/mol. The molecule has 0 radical (unpaired) electrons. The van der Waals surface area contributed by atoms with Crippen LogP contribution in [-0.4, -0.2) is 39.5 Å². The van der Waals surface area contributed by atoms with E-state index in [-0.39, 0.29) is 17.7 Å². The zero-order valence-corrected chi connectivity index (χ0v) is 14.4. The fraction of sp³-hybridized carbons (Fsp3) is 0.750. The van der Waals surface area contributed by atoms with Crippen LogP contribution < -0.4 is 5.32 Å². The Morgan fingerprint density at radius 3 is 2.83 bits per heavy atom. The van der Waals surface area contributed by atoms with Crippen molar-refractivity contribution in [3.05, 3.63) is 5.01 Å². The van der Waals surface area contributed by atoms with E-state index >= 15 is 0 Å². The number of nitrogens with one attached hydrogen (secondary N) is 1. The van der Waals surface area contributed by atoms with Gasteiger partial charge in [0.1, 0.15) is 5.01 Å². The highest BCUT2D eigenvalue weighted by Gasteiger charge is 2.38. The zero-order chi connectivity index (χ0) is 16.2. The lowest BCUT2D eigenvalue weighted by Crippen LogP contribution is -2.38. The van der Waals surface area contributed by atoms with Crippen molar-refractivity contribution in [1.82, 2.24) is 15.1 Å². The van der Waals surface area contributed by atoms with Gasteiger partial charge in [-0.25, -0.2) is 0 Å². The first kappa shape index (κ1) is 16.4. The number of aromatic nitrogens is 2. The number of nitrogens with zero attached hydrogens (tertiary/aromatic N) is 3. The minimum atomic E-state index is -0.261. The summed E-state index contributed by atoms with van der Waals surface area (Å²) in [6.07, 6.45) is 8.02. The second-order valence-electron chi connectivity index (χ2n) is 6.48. The number of amides is 2. The molecule has 2 heterocycles. The fourth-order valence-corrected chi connectivity index (χ4v) is 4.32. The Kier molecular flexibility index (Phi) is 5.25. The lowest BCUT2D eigenvalue weighted by Gasteiger charge is -2.31. The summed E-state index contributed by atoms with van der Waals surface area (Å²) in [7, 11) is 0. The van der Waals surface area contributed by atoms with Crippen LogP contribution >= 0.6 is 11.3 Å². The lowest BCUT2D eigenvalue weighted by atomic mass is 9.94. The summed E-state index contributed by atoms with van der Waals surface area (Å²) in [6, 6.07) is 0.340. The molecule has 1 aromatic rings. The molecular weight excluding hydrogens is 312 g/mol. The molecule has 1 N–H and O–H groups in total. The van der Waals surface area contributed by atoms with E-state index < -0.39 is 0 Å². The molecule has 1 aliphatic heterocycles. The van der Waals surface area contributed by atoms with Crippen LogP contribution in [0.4, 0.5) is 5.13 Å². The SMILES string of the molecule is CCCc1nnc(NC(=O)[C@@H]2CC(=O)N(C3CCCCC3)C2)s1. The molecular formula is C16H24N4O2S. The van der Waals surface area contributed by atoms with E-state index in [0.29, 0.717) is 24.1 Å². The summed E-state index contributed by atoms with van der Waals surface area (Å²) in [5.74, 6) is -0.236. The molecule has 6 nitrogen and oxygen atoms in total. The molecule has 0 bridgehead atoms. The van der Waals surface area contributed by atoms with Gasteiger partial charge < -0.3 is 10.2 Å². The Bertz CT molecular complexity index is 568. The maximum atomic E-state index is 12.4. The first-order chi connectivity index (χ1) is 11.2. The molecule has 126 valence electrons. The van der Waals surface area contributed by atoms with Crippen molar-refractivity contribution >= 4 is 28.3 Å². The molecule has 0 spiro atoms. The van der Waals surface area contributed by atoms with Gasteiger partial charge in [0.2, 0.25) is 16.9 Å². The average molecular weight is 336 g/mol. The first-order valence-corrected chi connectivity index (χ1v) is 9.41. The first-order valence-electron chi connectivity index (χ1n) is 8.60. The molecule has 1 atom stereocenters. The Balaban J connectivity index is 1.56. The largest absolute Gasteiger partial charge is 0.339 e. The minimum Gasteiger partial charge on any atom is -0.339 e. The van der Waals surface area contributed by atoms with Gasteiger partial charge in [0.25, 0.3) is 0 Å². The van der Waals surface area contributed by atoms with Crippen molar-refractivity contribution in [3.8, 4) is 0 Å². The molecule has 2 fully saturated rings. The average Bonchev–Trinajstić information content (AvgIpc) is 3.15. The van der Waals surface area contributed by atoms with Crippen molar-refractivity contribution in [2.24, 2.45) is 5.92 Å². The summed E-state index contributed by atoms with van der Waals surface area (Å²) >= 11 is 1.42. The van der Waals surface area contributed by atoms with Gasteiger partial charge in [0, 0.05) is 25.4 Å². The normalized spacial score (nSPS) is 22.6. The third-order valence-corrected chi connectivity index (χ3v) is 5.60. The highest BCUT2D eigenvalue weighted by Crippen LogP contribution is 2.29. The third kappa shape index (κ3) is 3.88. The number of carbonyl (C=O) groups excluding carboxylic acids is 2. The van der Waals surface area contributed by atoms with Crippen LogP contribution in [0.2, 0.25) is 0 Å². The van der Waals surface area contributed by atoms with Gasteiger partial charge >= 0.3 is 0 Å². The molecule has 2 aliphatic rings. The van der Waals surface area contributed by atoms with Crippen LogP contribution in [0.5, 0.6) is 0 Å². The van der Waals surface area contributed by atoms with Gasteiger partial charge in [0.05, 0.1) is 5.92 Å². The van der Waals surface area contributed by atoms with Crippen LogP contribution in [0.1, 0.15) is 56.9 Å². The number of anilines is 1. The van der Waals surface area contributed by atoms with Gasteiger partial charge in [-0.05, 0) is 19.3 Å². The van der Waals surface area contributed by atoms with E-state index in [1.807, 2.05) is 4.90 Å². The summed E-state index contributed by atoms with van der Waals surface area (Å²) in [4.78, 5) is 26.6. The molecule has 1 aliphatic carbocycles. The summed E-state index contributed by atoms with van der Waals surface area (Å²) < 4.78 is 0. The van der Waals surface area contributed by atoms with E-state index in [9.17, 15) is 9.59 Å². The number of carbonyl (C=O) groups is 2. The predicted octanol–water partition coefficient (Wildman–Crippen LogP) is 2.61. The van der Waals surface area contributed by atoms with Crippen LogP contribution in [0, 0.1) is 5.92 Å². The lowest BCUT2D eigenvalue weighted by molar-refractivity contribution is -0.130. The van der Waals surface area contributed by atoms with Crippen molar-refractivity contribution in [2.75, 3.05) is 11.9 Å². The van der Waals surface area contributed by atoms with Crippen LogP contribution in [0.3, 0.4) is 0 Å². The summed E-state index contributed by atoms with van der Waals surface area (Å²) in [5, 5.41) is 12.4. The molecule has 3 rings (SSSR count). The van der Waals surface area contributed by atoms with Crippen LogP contribution in [0.25, 0.3) is 0 Å². The summed E-state index contributed by atoms with van der Waals surface area (Å²) in [6.45, 7) is 2.64. The van der Waals surface area contributed by atoms with Gasteiger partial charge in [-0.15, -0.1) is 10.2 Å². The van der Waals surface area contributed by atoms with E-state index in [1.54, 1.807) is 0 Å². The Morgan fingerprint density at radius 1 is 1.30 bits per heavy atom. The Morgan fingerprint density at radius 2 is 2.09 bits per heavy atom. The Hall–Kier alpha value is -1.50. The maximum absolute atomic E-state index is 12.4. The zero-order valence-electron chi connectivity index (χ0n) is 13.6. The van der Waals surface area contributed by atoms with Crippen molar-refractivity contribution < 1.29 is 9.59 Å². The van der Waals surface area contributed by atoms with Gasteiger partial charge in [-0.1, -0.05) is 37.5 Å². The van der Waals surface area contributed by atoms with E-state index in [1.165, 1.54) is 30.6 Å². The van der Waals surface area contributed by atoms with Crippen LogP contribution in [-0.2, 0) is 16.0 Å². The second kappa shape index (κ2) is 7.38. The smallest absolute Gasteiger partial charge is 0.231 e. The molecule has 0 unspecified atom stereocenters. The standard InChI is InChI=1S/C16H24N4O2S/c1-2-6-13-18-19-16(23-13)17-15(22)11-9-14(21)20(10-11)12-7-4-3-5-8-12/h11-12H,2-10H2,1H3,(H,17,19,22)/t11-/m1/s1. The topological polar surface area (TPSA) is 75.2 Å². The molecule has 1 aromatic heterocycles. The number of hydrogen-bond donors (Lipinski definition) is 1. The number of aryl methyl sites for hydroxylation is 1. The quantitative estimate of drug-likeness (QED) is 0.897. The van der Waals surface area contributed by atoms with Crippen molar-refractivity contribution in [2.45, 2.75) is 64.3 Å². The molecule has 7 heteroatoms. The van der Waals surface area contributed by atoms with Gasteiger partial charge in [-0.3, -0.25) is 9.59 Å². The van der Waals surface area contributed by atoms with E-state index in [0.717, 1.165) is 30.7 Å².